The van der Waals surface area contributed by atoms with E-state index in [-0.39, 0.29) is 37.7 Å². The van der Waals surface area contributed by atoms with Gasteiger partial charge in [-0.2, -0.15) is 0 Å². The summed E-state index contributed by atoms with van der Waals surface area (Å²) >= 11 is 0. The number of benzene rings is 1. The van der Waals surface area contributed by atoms with Gasteiger partial charge in [-0.15, -0.1) is 0 Å². The van der Waals surface area contributed by atoms with Crippen LogP contribution < -0.4 is 10.6 Å². The second-order valence-corrected chi connectivity index (χ2v) is 6.19. The van der Waals surface area contributed by atoms with Gasteiger partial charge in [0.25, 0.3) is 11.8 Å². The fourth-order valence-corrected chi connectivity index (χ4v) is 3.11. The molecule has 0 radical (unpaired) electrons. The highest BCUT2D eigenvalue weighted by molar-refractivity contribution is 6.07. The van der Waals surface area contributed by atoms with E-state index in [1.165, 1.54) is 4.90 Å². The Morgan fingerprint density at radius 1 is 1.38 bits per heavy atom. The SMILES string of the molecule is CC1(N2Cc3cc(CNC(=O)O)ccc3C2=O)CCC(=O)NC1=O. The van der Waals surface area contributed by atoms with E-state index in [1.807, 2.05) is 0 Å². The highest BCUT2D eigenvalue weighted by atomic mass is 16.4. The molecule has 1 unspecified atom stereocenters. The summed E-state index contributed by atoms with van der Waals surface area (Å²) in [5, 5.41) is 13.2. The van der Waals surface area contributed by atoms with Gasteiger partial charge in [0.2, 0.25) is 5.91 Å². The molecule has 1 atom stereocenters. The van der Waals surface area contributed by atoms with Crippen molar-refractivity contribution in [2.45, 2.75) is 38.4 Å². The average Bonchev–Trinajstić information content (AvgIpc) is 2.86. The molecule has 8 heteroatoms. The van der Waals surface area contributed by atoms with Crippen LogP contribution in [0.3, 0.4) is 0 Å². The molecule has 2 heterocycles. The van der Waals surface area contributed by atoms with Crippen LogP contribution in [0.5, 0.6) is 0 Å². The van der Waals surface area contributed by atoms with Crippen LogP contribution in [0.15, 0.2) is 18.2 Å². The topological polar surface area (TPSA) is 116 Å². The molecule has 2 aliphatic heterocycles. The zero-order valence-corrected chi connectivity index (χ0v) is 13.1. The summed E-state index contributed by atoms with van der Waals surface area (Å²) in [6.45, 7) is 2.06. The molecule has 1 fully saturated rings. The summed E-state index contributed by atoms with van der Waals surface area (Å²) < 4.78 is 0. The third kappa shape index (κ3) is 2.60. The summed E-state index contributed by atoms with van der Waals surface area (Å²) in [6.07, 6.45) is -0.648. The Bertz CT molecular complexity index is 760. The lowest BCUT2D eigenvalue weighted by atomic mass is 9.89. The highest BCUT2D eigenvalue weighted by Gasteiger charge is 2.48. The lowest BCUT2D eigenvalue weighted by molar-refractivity contribution is -0.142. The molecule has 1 aromatic rings. The lowest BCUT2D eigenvalue weighted by Gasteiger charge is -2.39. The molecule has 126 valence electrons. The number of rotatable bonds is 3. The third-order valence-corrected chi connectivity index (χ3v) is 4.59. The minimum atomic E-state index is -1.12. The number of nitrogens with zero attached hydrogens (tertiary/aromatic N) is 1. The number of piperidine rings is 1. The first-order chi connectivity index (χ1) is 11.3. The Morgan fingerprint density at radius 2 is 2.12 bits per heavy atom. The molecule has 0 aliphatic carbocycles. The second-order valence-electron chi connectivity index (χ2n) is 6.19. The van der Waals surface area contributed by atoms with Gasteiger partial charge in [-0.3, -0.25) is 19.7 Å². The van der Waals surface area contributed by atoms with E-state index in [4.69, 9.17) is 5.11 Å². The van der Waals surface area contributed by atoms with Crippen molar-refractivity contribution in [1.82, 2.24) is 15.5 Å². The summed E-state index contributed by atoms with van der Waals surface area (Å²) in [7, 11) is 0. The van der Waals surface area contributed by atoms with Crippen LogP contribution >= 0.6 is 0 Å². The number of carbonyl (C=O) groups is 4. The van der Waals surface area contributed by atoms with Crippen molar-refractivity contribution in [3.05, 3.63) is 34.9 Å². The van der Waals surface area contributed by atoms with Crippen molar-refractivity contribution in [2.75, 3.05) is 0 Å². The molecule has 1 aromatic carbocycles. The van der Waals surface area contributed by atoms with E-state index in [0.717, 1.165) is 11.1 Å². The maximum Gasteiger partial charge on any atom is 0.404 e. The van der Waals surface area contributed by atoms with Gasteiger partial charge in [-0.05, 0) is 30.5 Å². The monoisotopic (exact) mass is 331 g/mol. The molecule has 3 N–H and O–H groups in total. The summed E-state index contributed by atoms with van der Waals surface area (Å²) in [5.41, 5.74) is 0.915. The zero-order valence-electron chi connectivity index (χ0n) is 13.1. The molecular formula is C16H17N3O5. The van der Waals surface area contributed by atoms with Gasteiger partial charge in [0.05, 0.1) is 0 Å². The zero-order chi connectivity index (χ0) is 17.5. The number of hydrogen-bond donors (Lipinski definition) is 3. The van der Waals surface area contributed by atoms with Crippen LogP contribution in [0.4, 0.5) is 4.79 Å². The number of carboxylic acid groups (broad SMARTS) is 1. The Kier molecular flexibility index (Phi) is 3.75. The summed E-state index contributed by atoms with van der Waals surface area (Å²) in [5.74, 6) is -1.05. The molecule has 8 nitrogen and oxygen atoms in total. The predicted molar refractivity (Wildman–Crippen MR) is 82.0 cm³/mol. The number of amides is 4. The largest absolute Gasteiger partial charge is 0.465 e. The summed E-state index contributed by atoms with van der Waals surface area (Å²) in [6, 6.07) is 5.09. The normalized spacial score (nSPS) is 23.0. The number of fused-ring (bicyclic) bond motifs is 1. The van der Waals surface area contributed by atoms with E-state index in [1.54, 1.807) is 25.1 Å². The van der Waals surface area contributed by atoms with Crippen molar-refractivity contribution in [2.24, 2.45) is 0 Å². The molecule has 0 aromatic heterocycles. The number of nitrogens with one attached hydrogen (secondary N) is 2. The van der Waals surface area contributed by atoms with Gasteiger partial charge in [0.15, 0.2) is 0 Å². The molecule has 2 aliphatic rings. The number of carbonyl (C=O) groups excluding carboxylic acids is 3. The van der Waals surface area contributed by atoms with Crippen LogP contribution in [-0.4, -0.2) is 39.4 Å². The van der Waals surface area contributed by atoms with Crippen molar-refractivity contribution in [1.29, 1.82) is 0 Å². The van der Waals surface area contributed by atoms with Crippen LogP contribution in [0.1, 0.15) is 41.3 Å². The Morgan fingerprint density at radius 3 is 2.79 bits per heavy atom. The highest BCUT2D eigenvalue weighted by Crippen LogP contribution is 2.34. The molecule has 3 rings (SSSR count). The van der Waals surface area contributed by atoms with Crippen molar-refractivity contribution in [3.8, 4) is 0 Å². The fourth-order valence-electron chi connectivity index (χ4n) is 3.11. The van der Waals surface area contributed by atoms with E-state index in [0.29, 0.717) is 5.56 Å². The van der Waals surface area contributed by atoms with Gasteiger partial charge in [-0.25, -0.2) is 4.79 Å². The van der Waals surface area contributed by atoms with Gasteiger partial charge < -0.3 is 15.3 Å². The van der Waals surface area contributed by atoms with E-state index in [9.17, 15) is 19.2 Å². The number of hydrogen-bond acceptors (Lipinski definition) is 4. The standard InChI is InChI=1S/C16H17N3O5/c1-16(5-4-12(20)18-14(16)22)19-8-10-6-9(7-17-15(23)24)2-3-11(10)13(19)21/h2-3,6,17H,4-5,7-8H2,1H3,(H,23,24)(H,18,20,22). The first kappa shape index (κ1) is 16.0. The number of imide groups is 1. The van der Waals surface area contributed by atoms with Crippen molar-refractivity contribution >= 4 is 23.8 Å². The van der Waals surface area contributed by atoms with Crippen molar-refractivity contribution < 1.29 is 24.3 Å². The van der Waals surface area contributed by atoms with Crippen LogP contribution in [-0.2, 0) is 22.7 Å². The Balaban J connectivity index is 1.84. The molecule has 0 spiro atoms. The predicted octanol–water partition coefficient (Wildman–Crippen LogP) is 0.605. The van der Waals surface area contributed by atoms with Crippen LogP contribution in [0, 0.1) is 0 Å². The molecular weight excluding hydrogens is 314 g/mol. The molecule has 0 bridgehead atoms. The van der Waals surface area contributed by atoms with Gasteiger partial charge in [0, 0.05) is 25.1 Å². The average molecular weight is 331 g/mol. The molecule has 24 heavy (non-hydrogen) atoms. The smallest absolute Gasteiger partial charge is 0.404 e. The minimum absolute atomic E-state index is 0.142. The van der Waals surface area contributed by atoms with E-state index >= 15 is 0 Å². The van der Waals surface area contributed by atoms with Gasteiger partial charge >= 0.3 is 6.09 Å². The maximum atomic E-state index is 12.7. The lowest BCUT2D eigenvalue weighted by Crippen LogP contribution is -2.61. The second kappa shape index (κ2) is 5.63. The van der Waals surface area contributed by atoms with Crippen LogP contribution in [0.2, 0.25) is 0 Å². The van der Waals surface area contributed by atoms with E-state index in [2.05, 4.69) is 10.6 Å². The minimum Gasteiger partial charge on any atom is -0.465 e. The molecule has 4 amide bonds. The molecule has 0 saturated carbocycles. The maximum absolute atomic E-state index is 12.7. The fraction of sp³-hybridized carbons (Fsp3) is 0.375. The first-order valence-electron chi connectivity index (χ1n) is 7.56. The van der Waals surface area contributed by atoms with E-state index < -0.39 is 17.5 Å². The summed E-state index contributed by atoms with van der Waals surface area (Å²) in [4.78, 5) is 48.3. The van der Waals surface area contributed by atoms with Gasteiger partial charge in [0.1, 0.15) is 5.54 Å². The first-order valence-corrected chi connectivity index (χ1v) is 7.56. The Labute approximate surface area is 137 Å². The quantitative estimate of drug-likeness (QED) is 0.702. The molecule has 1 saturated heterocycles. The van der Waals surface area contributed by atoms with Crippen molar-refractivity contribution in [3.63, 3.8) is 0 Å². The third-order valence-electron chi connectivity index (χ3n) is 4.59. The Hall–Kier alpha value is -2.90. The van der Waals surface area contributed by atoms with Gasteiger partial charge in [-0.1, -0.05) is 12.1 Å². The van der Waals surface area contributed by atoms with Crippen LogP contribution in [0.25, 0.3) is 0 Å².